The van der Waals surface area contributed by atoms with Gasteiger partial charge in [0.15, 0.2) is 0 Å². The SMILES string of the molecule is N#Cc1cccc(C(=O)N2CCN(CCN3CCCCC3)c3ccccc32)c1. The third-order valence-corrected chi connectivity index (χ3v) is 5.73. The van der Waals surface area contributed by atoms with Crippen LogP contribution in [-0.4, -0.2) is 50.1 Å². The highest BCUT2D eigenvalue weighted by atomic mass is 16.2. The van der Waals surface area contributed by atoms with Crippen molar-refractivity contribution in [1.29, 1.82) is 5.26 Å². The van der Waals surface area contributed by atoms with Crippen molar-refractivity contribution >= 4 is 17.3 Å². The third-order valence-electron chi connectivity index (χ3n) is 5.73. The van der Waals surface area contributed by atoms with E-state index in [0.717, 1.165) is 31.0 Å². The maximum absolute atomic E-state index is 13.1. The van der Waals surface area contributed by atoms with E-state index < -0.39 is 0 Å². The van der Waals surface area contributed by atoms with Gasteiger partial charge >= 0.3 is 0 Å². The molecule has 0 aliphatic carbocycles. The first-order valence-corrected chi connectivity index (χ1v) is 10.1. The number of hydrogen-bond donors (Lipinski definition) is 0. The Labute approximate surface area is 166 Å². The van der Waals surface area contributed by atoms with E-state index in [4.69, 9.17) is 5.26 Å². The number of carbonyl (C=O) groups is 1. The van der Waals surface area contributed by atoms with Gasteiger partial charge in [-0.25, -0.2) is 0 Å². The van der Waals surface area contributed by atoms with E-state index in [1.807, 2.05) is 23.1 Å². The highest BCUT2D eigenvalue weighted by Gasteiger charge is 2.27. The van der Waals surface area contributed by atoms with Crippen molar-refractivity contribution in [3.05, 3.63) is 59.7 Å². The highest BCUT2D eigenvalue weighted by Crippen LogP contribution is 2.33. The average molecular weight is 374 g/mol. The van der Waals surface area contributed by atoms with Gasteiger partial charge in [-0.15, -0.1) is 0 Å². The first-order valence-electron chi connectivity index (χ1n) is 10.1. The maximum Gasteiger partial charge on any atom is 0.258 e. The number of nitriles is 1. The molecule has 4 rings (SSSR count). The molecule has 28 heavy (non-hydrogen) atoms. The van der Waals surface area contributed by atoms with Crippen LogP contribution in [-0.2, 0) is 0 Å². The molecule has 0 atom stereocenters. The van der Waals surface area contributed by atoms with Gasteiger partial charge in [0.05, 0.1) is 23.0 Å². The zero-order valence-electron chi connectivity index (χ0n) is 16.2. The summed E-state index contributed by atoms with van der Waals surface area (Å²) < 4.78 is 0. The van der Waals surface area contributed by atoms with Crippen LogP contribution >= 0.6 is 0 Å². The normalized spacial score (nSPS) is 17.1. The molecule has 2 aliphatic heterocycles. The number of amides is 1. The van der Waals surface area contributed by atoms with Crippen molar-refractivity contribution < 1.29 is 4.79 Å². The number of fused-ring (bicyclic) bond motifs is 1. The fraction of sp³-hybridized carbons (Fsp3) is 0.391. The Hall–Kier alpha value is -2.84. The standard InChI is InChI=1S/C23H26N4O/c24-18-19-7-6-8-20(17-19)23(28)27-16-15-26(21-9-2-3-10-22(21)27)14-13-25-11-4-1-5-12-25/h2-3,6-10,17H,1,4-5,11-16H2. The Balaban J connectivity index is 1.52. The number of para-hydroxylation sites is 2. The summed E-state index contributed by atoms with van der Waals surface area (Å²) in [5.41, 5.74) is 3.16. The topological polar surface area (TPSA) is 50.6 Å². The van der Waals surface area contributed by atoms with E-state index in [2.05, 4.69) is 21.9 Å². The summed E-state index contributed by atoms with van der Waals surface area (Å²) in [5, 5.41) is 9.13. The smallest absolute Gasteiger partial charge is 0.258 e. The Morgan fingerprint density at radius 1 is 0.893 bits per heavy atom. The second-order valence-corrected chi connectivity index (χ2v) is 7.53. The summed E-state index contributed by atoms with van der Waals surface area (Å²) in [5.74, 6) is -0.0415. The molecule has 144 valence electrons. The van der Waals surface area contributed by atoms with Crippen LogP contribution in [0.3, 0.4) is 0 Å². The quantitative estimate of drug-likeness (QED) is 0.822. The molecule has 0 unspecified atom stereocenters. The van der Waals surface area contributed by atoms with E-state index in [0.29, 0.717) is 17.7 Å². The molecule has 1 amide bonds. The van der Waals surface area contributed by atoms with Gasteiger partial charge in [-0.1, -0.05) is 24.6 Å². The molecule has 2 aliphatic rings. The molecule has 0 bridgehead atoms. The lowest BCUT2D eigenvalue weighted by Crippen LogP contribution is -2.46. The molecular weight excluding hydrogens is 348 g/mol. The highest BCUT2D eigenvalue weighted by molar-refractivity contribution is 6.08. The molecule has 5 heteroatoms. The van der Waals surface area contributed by atoms with Crippen LogP contribution in [0.15, 0.2) is 48.5 Å². The molecular formula is C23H26N4O. The first-order chi connectivity index (χ1) is 13.8. The lowest BCUT2D eigenvalue weighted by atomic mass is 10.1. The maximum atomic E-state index is 13.1. The monoisotopic (exact) mass is 374 g/mol. The van der Waals surface area contributed by atoms with Gasteiger partial charge in [0, 0.05) is 31.7 Å². The Morgan fingerprint density at radius 2 is 1.68 bits per heavy atom. The Morgan fingerprint density at radius 3 is 2.46 bits per heavy atom. The molecule has 1 fully saturated rings. The summed E-state index contributed by atoms with van der Waals surface area (Å²) in [4.78, 5) is 19.9. The molecule has 1 saturated heterocycles. The van der Waals surface area contributed by atoms with Crippen LogP contribution in [0.1, 0.15) is 35.2 Å². The molecule has 5 nitrogen and oxygen atoms in total. The van der Waals surface area contributed by atoms with Crippen LogP contribution in [0.25, 0.3) is 0 Å². The average Bonchev–Trinajstić information content (AvgIpc) is 2.77. The number of carbonyl (C=O) groups excluding carboxylic acids is 1. The third kappa shape index (κ3) is 3.88. The lowest BCUT2D eigenvalue weighted by molar-refractivity contribution is 0.0986. The van der Waals surface area contributed by atoms with Gasteiger partial charge in [-0.3, -0.25) is 4.79 Å². The predicted octanol–water partition coefficient (Wildman–Crippen LogP) is 3.51. The van der Waals surface area contributed by atoms with Gasteiger partial charge in [0.1, 0.15) is 0 Å². The van der Waals surface area contributed by atoms with Crippen molar-refractivity contribution in [2.45, 2.75) is 19.3 Å². The number of likely N-dealkylation sites (tertiary alicyclic amines) is 1. The minimum absolute atomic E-state index is 0.0415. The van der Waals surface area contributed by atoms with Crippen molar-refractivity contribution in [3.8, 4) is 6.07 Å². The second kappa shape index (κ2) is 8.45. The predicted molar refractivity (Wildman–Crippen MR) is 112 cm³/mol. The number of anilines is 2. The largest absolute Gasteiger partial charge is 0.367 e. The van der Waals surface area contributed by atoms with Gasteiger partial charge in [-0.05, 0) is 56.3 Å². The summed E-state index contributed by atoms with van der Waals surface area (Å²) in [6.07, 6.45) is 3.97. The molecule has 0 saturated carbocycles. The van der Waals surface area contributed by atoms with Gasteiger partial charge < -0.3 is 14.7 Å². The summed E-state index contributed by atoms with van der Waals surface area (Å²) in [7, 11) is 0. The Kier molecular flexibility index (Phi) is 5.59. The molecule has 0 N–H and O–H groups in total. The number of benzene rings is 2. The van der Waals surface area contributed by atoms with E-state index >= 15 is 0 Å². The van der Waals surface area contributed by atoms with Gasteiger partial charge in [-0.2, -0.15) is 5.26 Å². The fourth-order valence-electron chi connectivity index (χ4n) is 4.19. The minimum Gasteiger partial charge on any atom is -0.367 e. The second-order valence-electron chi connectivity index (χ2n) is 7.53. The lowest BCUT2D eigenvalue weighted by Gasteiger charge is -2.39. The van der Waals surface area contributed by atoms with Crippen LogP contribution in [0.4, 0.5) is 11.4 Å². The van der Waals surface area contributed by atoms with Gasteiger partial charge in [0.25, 0.3) is 5.91 Å². The molecule has 2 aromatic rings. The van der Waals surface area contributed by atoms with Crippen LogP contribution in [0, 0.1) is 11.3 Å². The minimum atomic E-state index is -0.0415. The molecule has 0 radical (unpaired) electrons. The number of piperidine rings is 1. The first kappa shape index (κ1) is 18.5. The fourth-order valence-corrected chi connectivity index (χ4v) is 4.19. The van der Waals surface area contributed by atoms with Crippen LogP contribution < -0.4 is 9.80 Å². The summed E-state index contributed by atoms with van der Waals surface area (Å²) >= 11 is 0. The Bertz CT molecular complexity index is 882. The van der Waals surface area contributed by atoms with Crippen molar-refractivity contribution in [3.63, 3.8) is 0 Å². The number of hydrogen-bond acceptors (Lipinski definition) is 4. The molecule has 0 spiro atoms. The van der Waals surface area contributed by atoms with Crippen LogP contribution in [0.5, 0.6) is 0 Å². The van der Waals surface area contributed by atoms with E-state index in [1.165, 1.54) is 32.4 Å². The van der Waals surface area contributed by atoms with Crippen molar-refractivity contribution in [2.75, 3.05) is 49.1 Å². The zero-order chi connectivity index (χ0) is 19.3. The summed E-state index contributed by atoms with van der Waals surface area (Å²) in [6.45, 7) is 5.96. The van der Waals surface area contributed by atoms with Crippen molar-refractivity contribution in [1.82, 2.24) is 4.90 Å². The van der Waals surface area contributed by atoms with Crippen LogP contribution in [0.2, 0.25) is 0 Å². The zero-order valence-corrected chi connectivity index (χ0v) is 16.2. The van der Waals surface area contributed by atoms with E-state index in [9.17, 15) is 4.79 Å². The molecule has 0 aromatic heterocycles. The van der Waals surface area contributed by atoms with E-state index in [1.54, 1.807) is 24.3 Å². The number of rotatable bonds is 4. The summed E-state index contributed by atoms with van der Waals surface area (Å²) in [6, 6.07) is 17.2. The number of nitrogens with zero attached hydrogens (tertiary/aromatic N) is 4. The van der Waals surface area contributed by atoms with Gasteiger partial charge in [0.2, 0.25) is 0 Å². The molecule has 2 aromatic carbocycles. The van der Waals surface area contributed by atoms with E-state index in [-0.39, 0.29) is 5.91 Å². The van der Waals surface area contributed by atoms with Crippen molar-refractivity contribution in [2.24, 2.45) is 0 Å². The molecule has 2 heterocycles.